The minimum atomic E-state index is -0.128. The molecule has 0 aliphatic carbocycles. The second-order valence-corrected chi connectivity index (χ2v) is 3.95. The SMILES string of the molecule is CON=C(C)c1c(C)[nH]n(-c2ccccc2)c1=O. The lowest BCUT2D eigenvalue weighted by Gasteiger charge is -1.99. The standard InChI is InChI=1S/C13H15N3O2/c1-9-12(10(2)15-18-3)13(17)16(14-9)11-7-5-4-6-8-11/h4-8,14H,1-3H3. The van der Waals surface area contributed by atoms with E-state index in [0.717, 1.165) is 11.4 Å². The van der Waals surface area contributed by atoms with Crippen LogP contribution in [-0.2, 0) is 4.84 Å². The highest BCUT2D eigenvalue weighted by Crippen LogP contribution is 2.07. The fraction of sp³-hybridized carbons (Fsp3) is 0.231. The first kappa shape index (κ1) is 12.2. The van der Waals surface area contributed by atoms with Gasteiger partial charge in [-0.05, 0) is 26.0 Å². The average molecular weight is 245 g/mol. The van der Waals surface area contributed by atoms with Crippen molar-refractivity contribution in [3.63, 3.8) is 0 Å². The van der Waals surface area contributed by atoms with E-state index in [9.17, 15) is 4.79 Å². The van der Waals surface area contributed by atoms with E-state index < -0.39 is 0 Å². The number of aromatic nitrogens is 2. The first-order valence-corrected chi connectivity index (χ1v) is 5.60. The molecule has 0 fully saturated rings. The molecule has 1 aromatic carbocycles. The van der Waals surface area contributed by atoms with Crippen LogP contribution in [0.3, 0.4) is 0 Å². The number of aromatic amines is 1. The minimum Gasteiger partial charge on any atom is -0.399 e. The largest absolute Gasteiger partial charge is 0.399 e. The Morgan fingerprint density at radius 3 is 2.61 bits per heavy atom. The van der Waals surface area contributed by atoms with Gasteiger partial charge < -0.3 is 4.84 Å². The Kier molecular flexibility index (Phi) is 3.32. The second kappa shape index (κ2) is 4.91. The molecule has 5 heteroatoms. The lowest BCUT2D eigenvalue weighted by atomic mass is 10.2. The first-order valence-electron chi connectivity index (χ1n) is 5.60. The van der Waals surface area contributed by atoms with Crippen LogP contribution in [-0.4, -0.2) is 22.6 Å². The zero-order chi connectivity index (χ0) is 13.1. The maximum atomic E-state index is 12.3. The number of nitrogens with zero attached hydrogens (tertiary/aromatic N) is 2. The molecule has 18 heavy (non-hydrogen) atoms. The molecule has 0 bridgehead atoms. The monoisotopic (exact) mass is 245 g/mol. The summed E-state index contributed by atoms with van der Waals surface area (Å²) in [6.45, 7) is 3.58. The highest BCUT2D eigenvalue weighted by molar-refractivity contribution is 5.99. The van der Waals surface area contributed by atoms with E-state index in [4.69, 9.17) is 4.84 Å². The number of rotatable bonds is 3. The molecule has 94 valence electrons. The molecule has 1 aromatic heterocycles. The molecule has 1 N–H and O–H groups in total. The molecule has 2 aromatic rings. The van der Waals surface area contributed by atoms with E-state index in [0.29, 0.717) is 11.3 Å². The fourth-order valence-electron chi connectivity index (χ4n) is 1.91. The van der Waals surface area contributed by atoms with Gasteiger partial charge in [0.2, 0.25) is 0 Å². The Balaban J connectivity index is 2.58. The molecular formula is C13H15N3O2. The minimum absolute atomic E-state index is 0.128. The van der Waals surface area contributed by atoms with Crippen molar-refractivity contribution in [3.05, 3.63) is 51.9 Å². The Bertz CT molecular complexity index is 623. The summed E-state index contributed by atoms with van der Waals surface area (Å²) in [5, 5.41) is 6.84. The van der Waals surface area contributed by atoms with Crippen LogP contribution in [0.5, 0.6) is 0 Å². The third kappa shape index (κ3) is 2.07. The van der Waals surface area contributed by atoms with Crippen molar-refractivity contribution >= 4 is 5.71 Å². The van der Waals surface area contributed by atoms with Gasteiger partial charge in [-0.1, -0.05) is 23.4 Å². The topological polar surface area (TPSA) is 59.4 Å². The molecule has 0 saturated heterocycles. The number of H-pyrrole nitrogens is 1. The van der Waals surface area contributed by atoms with Crippen LogP contribution in [0.2, 0.25) is 0 Å². The van der Waals surface area contributed by atoms with Gasteiger partial charge in [-0.2, -0.15) is 0 Å². The molecule has 0 atom stereocenters. The van der Waals surface area contributed by atoms with Gasteiger partial charge in [0.1, 0.15) is 7.11 Å². The third-order valence-corrected chi connectivity index (χ3v) is 2.68. The summed E-state index contributed by atoms with van der Waals surface area (Å²) in [6, 6.07) is 9.40. The number of nitrogens with one attached hydrogen (secondary N) is 1. The highest BCUT2D eigenvalue weighted by atomic mass is 16.6. The Morgan fingerprint density at radius 1 is 1.33 bits per heavy atom. The number of hydrogen-bond acceptors (Lipinski definition) is 3. The molecule has 0 unspecified atom stereocenters. The Morgan fingerprint density at radius 2 is 2.00 bits per heavy atom. The van der Waals surface area contributed by atoms with Crippen LogP contribution >= 0.6 is 0 Å². The van der Waals surface area contributed by atoms with Crippen LogP contribution in [0, 0.1) is 6.92 Å². The van der Waals surface area contributed by atoms with Gasteiger partial charge >= 0.3 is 0 Å². The van der Waals surface area contributed by atoms with Gasteiger partial charge in [0, 0.05) is 5.69 Å². The maximum Gasteiger partial charge on any atom is 0.280 e. The molecule has 0 aliphatic rings. The van der Waals surface area contributed by atoms with E-state index >= 15 is 0 Å². The summed E-state index contributed by atoms with van der Waals surface area (Å²) in [4.78, 5) is 17.0. The molecule has 0 amide bonds. The predicted molar refractivity (Wildman–Crippen MR) is 70.3 cm³/mol. The van der Waals surface area contributed by atoms with Gasteiger partial charge in [-0.15, -0.1) is 0 Å². The molecular weight excluding hydrogens is 230 g/mol. The van der Waals surface area contributed by atoms with Crippen molar-refractivity contribution in [2.75, 3.05) is 7.11 Å². The maximum absolute atomic E-state index is 12.3. The van der Waals surface area contributed by atoms with E-state index in [1.54, 1.807) is 6.92 Å². The molecule has 0 spiro atoms. The molecule has 0 aliphatic heterocycles. The second-order valence-electron chi connectivity index (χ2n) is 3.95. The summed E-state index contributed by atoms with van der Waals surface area (Å²) in [5.74, 6) is 0. The van der Waals surface area contributed by atoms with Crippen LogP contribution in [0.4, 0.5) is 0 Å². The number of hydrogen-bond donors (Lipinski definition) is 1. The zero-order valence-corrected chi connectivity index (χ0v) is 10.6. The van der Waals surface area contributed by atoms with E-state index in [2.05, 4.69) is 10.3 Å². The van der Waals surface area contributed by atoms with Crippen LogP contribution in [0.1, 0.15) is 18.2 Å². The summed E-state index contributed by atoms with van der Waals surface area (Å²) < 4.78 is 1.50. The van der Waals surface area contributed by atoms with Gasteiger partial charge in [0.05, 0.1) is 17.0 Å². The molecule has 2 rings (SSSR count). The molecule has 1 heterocycles. The van der Waals surface area contributed by atoms with E-state index in [-0.39, 0.29) is 5.56 Å². The number of aryl methyl sites for hydroxylation is 1. The van der Waals surface area contributed by atoms with Gasteiger partial charge in [0.15, 0.2) is 0 Å². The van der Waals surface area contributed by atoms with Gasteiger partial charge in [0.25, 0.3) is 5.56 Å². The zero-order valence-electron chi connectivity index (χ0n) is 10.6. The lowest BCUT2D eigenvalue weighted by molar-refractivity contribution is 0.213. The lowest BCUT2D eigenvalue weighted by Crippen LogP contribution is -2.19. The van der Waals surface area contributed by atoms with Gasteiger partial charge in [-0.3, -0.25) is 9.89 Å². The molecule has 0 saturated carbocycles. The Labute approximate surface area is 105 Å². The number of benzene rings is 1. The summed E-state index contributed by atoms with van der Waals surface area (Å²) >= 11 is 0. The van der Waals surface area contributed by atoms with Crippen molar-refractivity contribution in [3.8, 4) is 5.69 Å². The van der Waals surface area contributed by atoms with Crippen LogP contribution in [0.25, 0.3) is 5.69 Å². The average Bonchev–Trinajstić information content (AvgIpc) is 2.66. The van der Waals surface area contributed by atoms with Crippen LogP contribution in [0.15, 0.2) is 40.3 Å². The van der Waals surface area contributed by atoms with Crippen LogP contribution < -0.4 is 5.56 Å². The summed E-state index contributed by atoms with van der Waals surface area (Å²) in [5.41, 5.74) is 2.54. The van der Waals surface area contributed by atoms with Crippen molar-refractivity contribution in [2.24, 2.45) is 5.16 Å². The van der Waals surface area contributed by atoms with Gasteiger partial charge in [-0.25, -0.2) is 4.68 Å². The third-order valence-electron chi connectivity index (χ3n) is 2.68. The Hall–Kier alpha value is -2.30. The summed E-state index contributed by atoms with van der Waals surface area (Å²) in [6.07, 6.45) is 0. The quantitative estimate of drug-likeness (QED) is 0.662. The van der Waals surface area contributed by atoms with Crippen molar-refractivity contribution in [1.82, 2.24) is 9.78 Å². The fourth-order valence-corrected chi connectivity index (χ4v) is 1.91. The predicted octanol–water partition coefficient (Wildman–Crippen LogP) is 1.84. The van der Waals surface area contributed by atoms with Crippen molar-refractivity contribution in [1.29, 1.82) is 0 Å². The number of para-hydroxylation sites is 1. The van der Waals surface area contributed by atoms with Crippen molar-refractivity contribution < 1.29 is 4.84 Å². The van der Waals surface area contributed by atoms with Crippen molar-refractivity contribution in [2.45, 2.75) is 13.8 Å². The summed E-state index contributed by atoms with van der Waals surface area (Å²) in [7, 11) is 1.46. The van der Waals surface area contributed by atoms with E-state index in [1.807, 2.05) is 37.3 Å². The molecule has 5 nitrogen and oxygen atoms in total. The normalized spacial score (nSPS) is 11.6. The van der Waals surface area contributed by atoms with E-state index in [1.165, 1.54) is 11.8 Å². The number of oxime groups is 1. The highest BCUT2D eigenvalue weighted by Gasteiger charge is 2.14. The first-order chi connectivity index (χ1) is 8.65. The molecule has 0 radical (unpaired) electrons. The smallest absolute Gasteiger partial charge is 0.280 e.